The first kappa shape index (κ1) is 23.9. The first-order valence-electron chi connectivity index (χ1n) is 14.6. The van der Waals surface area contributed by atoms with Gasteiger partial charge in [-0.15, -0.1) is 0 Å². The maximum atomic E-state index is 6.73. The molecule has 7 aromatic carbocycles. The zero-order valence-corrected chi connectivity index (χ0v) is 23.3. The normalized spacial score (nSPS) is 11.7. The molecule has 0 saturated heterocycles. The van der Waals surface area contributed by atoms with E-state index in [9.17, 15) is 0 Å². The Balaban J connectivity index is 1.35. The molecule has 2 nitrogen and oxygen atoms in total. The smallest absolute Gasteiger partial charge is 0.144 e. The quantitative estimate of drug-likeness (QED) is 0.206. The van der Waals surface area contributed by atoms with Crippen molar-refractivity contribution in [3.05, 3.63) is 152 Å². The Bertz CT molecular complexity index is 2390. The van der Waals surface area contributed by atoms with Gasteiger partial charge in [-0.05, 0) is 68.1 Å². The number of benzene rings is 7. The van der Waals surface area contributed by atoms with Gasteiger partial charge < -0.3 is 4.42 Å². The second kappa shape index (κ2) is 9.40. The largest absolute Gasteiger partial charge is 0.455 e. The molecular formula is C41H25NO. The standard InChI is InChI=1S/C41H25NO/c1-2-13-26(14-3-1)37-29-17-4-6-19-31(29)38(32-20-7-5-18-30(32)37)27-15-12-16-28(25-27)41-39-33-21-8-10-23-35(33)42-40(39)34-22-9-11-24-36(34)43-41/h1-25H. The molecule has 0 aliphatic carbocycles. The number of para-hydroxylation sites is 2. The summed E-state index contributed by atoms with van der Waals surface area (Å²) >= 11 is 0. The van der Waals surface area contributed by atoms with E-state index >= 15 is 0 Å². The van der Waals surface area contributed by atoms with Gasteiger partial charge in [0.2, 0.25) is 0 Å². The van der Waals surface area contributed by atoms with Crippen LogP contribution in [0.15, 0.2) is 156 Å². The second-order valence-electron chi connectivity index (χ2n) is 11.1. The maximum Gasteiger partial charge on any atom is 0.144 e. The van der Waals surface area contributed by atoms with Gasteiger partial charge in [0.25, 0.3) is 0 Å². The molecule has 2 heterocycles. The molecule has 0 atom stereocenters. The van der Waals surface area contributed by atoms with Crippen LogP contribution in [0, 0.1) is 0 Å². The lowest BCUT2D eigenvalue weighted by atomic mass is 9.85. The summed E-state index contributed by atoms with van der Waals surface area (Å²) in [6, 6.07) is 53.7. The van der Waals surface area contributed by atoms with Crippen LogP contribution >= 0.6 is 0 Å². The molecule has 0 radical (unpaired) electrons. The Morgan fingerprint density at radius 3 is 1.58 bits per heavy atom. The highest BCUT2D eigenvalue weighted by Crippen LogP contribution is 2.47. The van der Waals surface area contributed by atoms with E-state index in [4.69, 9.17) is 9.40 Å². The van der Waals surface area contributed by atoms with Gasteiger partial charge in [0, 0.05) is 16.3 Å². The molecule has 43 heavy (non-hydrogen) atoms. The third kappa shape index (κ3) is 3.63. The van der Waals surface area contributed by atoms with Crippen LogP contribution in [0.4, 0.5) is 0 Å². The molecule has 2 heteroatoms. The third-order valence-electron chi connectivity index (χ3n) is 8.63. The lowest BCUT2D eigenvalue weighted by molar-refractivity contribution is 0.622. The Hall–Kier alpha value is -5.73. The van der Waals surface area contributed by atoms with E-state index in [1.807, 2.05) is 24.3 Å². The molecule has 0 N–H and O–H groups in total. The van der Waals surface area contributed by atoms with Crippen LogP contribution in [0.2, 0.25) is 0 Å². The highest BCUT2D eigenvalue weighted by atomic mass is 16.3. The Kier molecular flexibility index (Phi) is 5.23. The van der Waals surface area contributed by atoms with Crippen LogP contribution in [0.5, 0.6) is 0 Å². The van der Waals surface area contributed by atoms with Crippen molar-refractivity contribution in [1.82, 2.24) is 4.98 Å². The van der Waals surface area contributed by atoms with Crippen molar-refractivity contribution in [2.75, 3.05) is 0 Å². The Labute approximate surface area is 248 Å². The summed E-state index contributed by atoms with van der Waals surface area (Å²) in [4.78, 5) is 5.07. The van der Waals surface area contributed by atoms with E-state index in [1.54, 1.807) is 0 Å². The number of hydrogen-bond donors (Lipinski definition) is 0. The summed E-state index contributed by atoms with van der Waals surface area (Å²) in [6.45, 7) is 0. The summed E-state index contributed by atoms with van der Waals surface area (Å²) in [5.74, 6) is 0.846. The van der Waals surface area contributed by atoms with Gasteiger partial charge >= 0.3 is 0 Å². The fraction of sp³-hybridized carbons (Fsp3) is 0. The van der Waals surface area contributed by atoms with Gasteiger partial charge in [0.1, 0.15) is 11.3 Å². The van der Waals surface area contributed by atoms with Gasteiger partial charge in [0.15, 0.2) is 0 Å². The molecule has 0 bridgehead atoms. The van der Waals surface area contributed by atoms with Gasteiger partial charge in [-0.3, -0.25) is 0 Å². The second-order valence-corrected chi connectivity index (χ2v) is 11.1. The molecule has 0 spiro atoms. The third-order valence-corrected chi connectivity index (χ3v) is 8.63. The highest BCUT2D eigenvalue weighted by molar-refractivity contribution is 6.21. The summed E-state index contributed by atoms with van der Waals surface area (Å²) in [5.41, 5.74) is 9.77. The van der Waals surface area contributed by atoms with Crippen LogP contribution in [0.1, 0.15) is 0 Å². The van der Waals surface area contributed by atoms with Gasteiger partial charge in [-0.2, -0.15) is 0 Å². The topological polar surface area (TPSA) is 26.0 Å². The first-order valence-corrected chi connectivity index (χ1v) is 14.6. The van der Waals surface area contributed by atoms with Crippen molar-refractivity contribution in [3.8, 4) is 44.8 Å². The van der Waals surface area contributed by atoms with Gasteiger partial charge in [-0.25, -0.2) is 4.98 Å². The molecule has 9 rings (SSSR count). The lowest BCUT2D eigenvalue weighted by Crippen LogP contribution is -1.92. The van der Waals surface area contributed by atoms with E-state index in [0.717, 1.165) is 50.0 Å². The van der Waals surface area contributed by atoms with Crippen molar-refractivity contribution in [2.45, 2.75) is 0 Å². The summed E-state index contributed by atoms with van der Waals surface area (Å²) in [6.07, 6.45) is 0. The van der Waals surface area contributed by atoms with Gasteiger partial charge in [0.05, 0.1) is 16.8 Å². The summed E-state index contributed by atoms with van der Waals surface area (Å²) < 4.78 is 6.73. The van der Waals surface area contributed by atoms with Crippen molar-refractivity contribution in [3.63, 3.8) is 0 Å². The molecule has 0 amide bonds. The Morgan fingerprint density at radius 2 is 0.884 bits per heavy atom. The number of fused-ring (bicyclic) bond motifs is 7. The average molecular weight is 548 g/mol. The molecule has 7 aromatic rings. The van der Waals surface area contributed by atoms with Crippen molar-refractivity contribution < 1.29 is 4.42 Å². The maximum absolute atomic E-state index is 6.73. The molecular weight excluding hydrogens is 522 g/mol. The van der Waals surface area contributed by atoms with Crippen LogP contribution in [-0.4, -0.2) is 4.98 Å². The predicted octanol–water partition coefficient (Wildman–Crippen LogP) is 11.4. The minimum atomic E-state index is 0.835. The van der Waals surface area contributed by atoms with E-state index in [-0.39, 0.29) is 0 Å². The molecule has 0 aromatic heterocycles. The average Bonchev–Trinajstić information content (AvgIpc) is 3.47. The number of nitrogens with zero attached hydrogens (tertiary/aromatic N) is 1. The van der Waals surface area contributed by atoms with Crippen LogP contribution < -0.4 is 0 Å². The van der Waals surface area contributed by atoms with E-state index in [1.165, 1.54) is 38.2 Å². The Morgan fingerprint density at radius 1 is 0.372 bits per heavy atom. The summed E-state index contributed by atoms with van der Waals surface area (Å²) in [5, 5.41) is 7.10. The van der Waals surface area contributed by atoms with Crippen molar-refractivity contribution >= 4 is 43.4 Å². The number of hydrogen-bond acceptors (Lipinski definition) is 2. The first-order chi connectivity index (χ1) is 21.3. The molecule has 2 aliphatic heterocycles. The van der Waals surface area contributed by atoms with Gasteiger partial charge in [-0.1, -0.05) is 127 Å². The van der Waals surface area contributed by atoms with Crippen LogP contribution in [0.25, 0.3) is 88.3 Å². The van der Waals surface area contributed by atoms with E-state index < -0.39 is 0 Å². The number of aromatic nitrogens is 1. The van der Waals surface area contributed by atoms with Crippen LogP contribution in [-0.2, 0) is 0 Å². The van der Waals surface area contributed by atoms with Crippen molar-refractivity contribution in [1.29, 1.82) is 0 Å². The fourth-order valence-corrected chi connectivity index (χ4v) is 6.80. The lowest BCUT2D eigenvalue weighted by Gasteiger charge is -2.18. The molecule has 0 fully saturated rings. The van der Waals surface area contributed by atoms with E-state index in [2.05, 4.69) is 127 Å². The molecule has 0 saturated carbocycles. The van der Waals surface area contributed by atoms with E-state index in [0.29, 0.717) is 0 Å². The highest BCUT2D eigenvalue weighted by Gasteiger charge is 2.24. The molecule has 200 valence electrons. The molecule has 2 aliphatic rings. The predicted molar refractivity (Wildman–Crippen MR) is 179 cm³/mol. The zero-order chi connectivity index (χ0) is 28.3. The fourth-order valence-electron chi connectivity index (χ4n) is 6.80. The number of rotatable bonds is 3. The zero-order valence-electron chi connectivity index (χ0n) is 23.3. The van der Waals surface area contributed by atoms with Crippen molar-refractivity contribution in [2.24, 2.45) is 0 Å². The summed E-state index contributed by atoms with van der Waals surface area (Å²) in [7, 11) is 0. The van der Waals surface area contributed by atoms with Crippen LogP contribution in [0.3, 0.4) is 0 Å². The monoisotopic (exact) mass is 547 g/mol. The SMILES string of the molecule is c1ccc(-c2c3ccccc3c(-c3cccc(-c4oc5ccccc5c5nc6ccccc6c4-5)c3)c3ccccc23)cc1. The minimum absolute atomic E-state index is 0.835. The molecule has 0 unspecified atom stereocenters. The minimum Gasteiger partial charge on any atom is -0.455 e.